The number of ether oxygens (including phenoxy) is 1. The fourth-order valence-corrected chi connectivity index (χ4v) is 1.40. The SMILES string of the molecule is O=C1OC(=O)c2cc1c([N+](=O)[O-])cc2[N+](=O)[O-]. The van der Waals surface area contributed by atoms with E-state index in [0.717, 1.165) is 6.07 Å². The number of fused-ring (bicyclic) bond motifs is 2. The highest BCUT2D eigenvalue weighted by molar-refractivity contribution is 6.11. The number of benzene rings is 1. The molecule has 1 aliphatic heterocycles. The molecule has 9 nitrogen and oxygen atoms in total. The molecule has 0 saturated heterocycles. The second-order valence-corrected chi connectivity index (χ2v) is 3.08. The number of hydrogen-bond acceptors (Lipinski definition) is 7. The van der Waals surface area contributed by atoms with E-state index in [1.54, 1.807) is 0 Å². The first-order chi connectivity index (χ1) is 7.91. The molecular formula is C8H2N2O7. The maximum absolute atomic E-state index is 11.2. The molecule has 86 valence electrons. The van der Waals surface area contributed by atoms with Gasteiger partial charge in [0, 0.05) is 0 Å². The largest absolute Gasteiger partial charge is 0.385 e. The van der Waals surface area contributed by atoms with Crippen LogP contribution in [0.25, 0.3) is 0 Å². The average molecular weight is 238 g/mol. The van der Waals surface area contributed by atoms with Gasteiger partial charge in [0.15, 0.2) is 0 Å². The van der Waals surface area contributed by atoms with Gasteiger partial charge >= 0.3 is 11.9 Å². The Morgan fingerprint density at radius 3 is 1.65 bits per heavy atom. The maximum atomic E-state index is 11.2. The van der Waals surface area contributed by atoms with Crippen LogP contribution in [-0.4, -0.2) is 21.8 Å². The highest BCUT2D eigenvalue weighted by Crippen LogP contribution is 2.33. The lowest BCUT2D eigenvalue weighted by atomic mass is 10.0. The Labute approximate surface area is 91.9 Å². The first-order valence-electron chi connectivity index (χ1n) is 4.15. The van der Waals surface area contributed by atoms with Gasteiger partial charge in [-0.2, -0.15) is 0 Å². The summed E-state index contributed by atoms with van der Waals surface area (Å²) in [7, 11) is 0. The topological polar surface area (TPSA) is 130 Å². The number of nitrogens with zero attached hydrogens (tertiary/aromatic N) is 2. The van der Waals surface area contributed by atoms with Crippen molar-refractivity contribution in [2.75, 3.05) is 0 Å². The quantitative estimate of drug-likeness (QED) is 0.322. The summed E-state index contributed by atoms with van der Waals surface area (Å²) in [6.45, 7) is 0. The lowest BCUT2D eigenvalue weighted by Crippen LogP contribution is -2.21. The first-order valence-corrected chi connectivity index (χ1v) is 4.15. The summed E-state index contributed by atoms with van der Waals surface area (Å²) in [4.78, 5) is 41.6. The third-order valence-electron chi connectivity index (χ3n) is 2.13. The Kier molecular flexibility index (Phi) is 2.09. The van der Waals surface area contributed by atoms with Crippen LogP contribution in [0.3, 0.4) is 0 Å². The molecule has 1 aromatic rings. The van der Waals surface area contributed by atoms with Crippen molar-refractivity contribution in [1.82, 2.24) is 0 Å². The van der Waals surface area contributed by atoms with Crippen molar-refractivity contribution in [3.05, 3.63) is 43.5 Å². The van der Waals surface area contributed by atoms with E-state index in [1.165, 1.54) is 0 Å². The predicted octanol–water partition coefficient (Wildman–Crippen LogP) is 0.814. The molecule has 2 rings (SSSR count). The number of cyclic esters (lactones) is 2. The highest BCUT2D eigenvalue weighted by Gasteiger charge is 2.37. The van der Waals surface area contributed by atoms with Crippen LogP contribution in [-0.2, 0) is 4.74 Å². The number of carbonyl (C=O) groups excluding carboxylic acids is 2. The van der Waals surface area contributed by atoms with Crippen molar-refractivity contribution in [2.24, 2.45) is 0 Å². The molecular weight excluding hydrogens is 236 g/mol. The van der Waals surface area contributed by atoms with Crippen LogP contribution < -0.4 is 0 Å². The molecule has 1 aromatic carbocycles. The van der Waals surface area contributed by atoms with E-state index in [-0.39, 0.29) is 0 Å². The van der Waals surface area contributed by atoms with Gasteiger partial charge in [-0.05, 0) is 6.07 Å². The summed E-state index contributed by atoms with van der Waals surface area (Å²) in [6, 6.07) is 1.37. The fraction of sp³-hybridized carbons (Fsp3) is 0. The Bertz CT molecular complexity index is 545. The van der Waals surface area contributed by atoms with Crippen molar-refractivity contribution >= 4 is 23.3 Å². The number of hydrogen-bond donors (Lipinski definition) is 0. The van der Waals surface area contributed by atoms with E-state index in [1.807, 2.05) is 0 Å². The van der Waals surface area contributed by atoms with E-state index in [4.69, 9.17) is 0 Å². The zero-order chi connectivity index (χ0) is 12.7. The highest BCUT2D eigenvalue weighted by atomic mass is 16.6. The van der Waals surface area contributed by atoms with Crippen molar-refractivity contribution < 1.29 is 24.2 Å². The minimum absolute atomic E-state index is 0.477. The van der Waals surface area contributed by atoms with Gasteiger partial charge in [0.25, 0.3) is 11.4 Å². The van der Waals surface area contributed by atoms with Crippen LogP contribution in [0.1, 0.15) is 20.7 Å². The van der Waals surface area contributed by atoms with Gasteiger partial charge in [0.1, 0.15) is 11.1 Å². The van der Waals surface area contributed by atoms with Gasteiger partial charge < -0.3 is 4.74 Å². The van der Waals surface area contributed by atoms with Crippen LogP contribution in [0.5, 0.6) is 0 Å². The molecule has 17 heavy (non-hydrogen) atoms. The number of nitro benzene ring substituents is 2. The second kappa shape index (κ2) is 3.33. The molecule has 1 aliphatic rings. The zero-order valence-electron chi connectivity index (χ0n) is 7.91. The third kappa shape index (κ3) is 1.49. The molecule has 0 amide bonds. The normalized spacial score (nSPS) is 13.2. The molecule has 0 N–H and O–H groups in total. The fourth-order valence-electron chi connectivity index (χ4n) is 1.40. The van der Waals surface area contributed by atoms with E-state index in [0.29, 0.717) is 6.07 Å². The van der Waals surface area contributed by atoms with Crippen LogP contribution in [0, 0.1) is 20.2 Å². The standard InChI is InChI=1S/C8H2N2O7/c11-7-3-1-4(8(12)17-7)6(10(15)16)2-5(3)9(13)14/h1-2H. The van der Waals surface area contributed by atoms with E-state index in [9.17, 15) is 29.8 Å². The molecule has 0 saturated carbocycles. The van der Waals surface area contributed by atoms with Crippen molar-refractivity contribution in [3.63, 3.8) is 0 Å². The minimum Gasteiger partial charge on any atom is -0.385 e. The lowest BCUT2D eigenvalue weighted by molar-refractivity contribution is -0.394. The van der Waals surface area contributed by atoms with E-state index >= 15 is 0 Å². The van der Waals surface area contributed by atoms with Gasteiger partial charge in [-0.15, -0.1) is 0 Å². The van der Waals surface area contributed by atoms with Crippen LogP contribution >= 0.6 is 0 Å². The number of nitro groups is 2. The number of carbonyl (C=O) groups is 2. The first kappa shape index (κ1) is 10.7. The average Bonchev–Trinajstić information content (AvgIpc) is 2.25. The van der Waals surface area contributed by atoms with Crippen LogP contribution in [0.15, 0.2) is 12.1 Å². The van der Waals surface area contributed by atoms with Crippen molar-refractivity contribution in [3.8, 4) is 0 Å². The molecule has 0 aliphatic carbocycles. The van der Waals surface area contributed by atoms with Gasteiger partial charge in [-0.1, -0.05) is 0 Å². The van der Waals surface area contributed by atoms with Crippen LogP contribution in [0.4, 0.5) is 11.4 Å². The van der Waals surface area contributed by atoms with Crippen molar-refractivity contribution in [2.45, 2.75) is 0 Å². The summed E-state index contributed by atoms with van der Waals surface area (Å²) in [5.74, 6) is -2.38. The maximum Gasteiger partial charge on any atom is 0.353 e. The van der Waals surface area contributed by atoms with Gasteiger partial charge in [-0.25, -0.2) is 9.59 Å². The summed E-state index contributed by atoms with van der Waals surface area (Å²) < 4.78 is 4.16. The third-order valence-corrected chi connectivity index (χ3v) is 2.13. The molecule has 0 aromatic heterocycles. The summed E-state index contributed by atoms with van der Waals surface area (Å²) in [5.41, 5.74) is -2.48. The molecule has 1 heterocycles. The molecule has 0 radical (unpaired) electrons. The molecule has 0 unspecified atom stereocenters. The number of rotatable bonds is 2. The summed E-state index contributed by atoms with van der Waals surface area (Å²) in [6.07, 6.45) is 0. The Balaban J connectivity index is 2.80. The molecule has 0 atom stereocenters. The van der Waals surface area contributed by atoms with E-state index in [2.05, 4.69) is 4.74 Å². The van der Waals surface area contributed by atoms with Gasteiger partial charge in [0.05, 0.1) is 15.9 Å². The second-order valence-electron chi connectivity index (χ2n) is 3.08. The van der Waals surface area contributed by atoms with Crippen molar-refractivity contribution in [1.29, 1.82) is 0 Å². The molecule has 9 heteroatoms. The Morgan fingerprint density at radius 2 is 1.29 bits per heavy atom. The zero-order valence-corrected chi connectivity index (χ0v) is 7.91. The lowest BCUT2D eigenvalue weighted by Gasteiger charge is -2.10. The predicted molar refractivity (Wildman–Crippen MR) is 49.5 cm³/mol. The monoisotopic (exact) mass is 238 g/mol. The van der Waals surface area contributed by atoms with Crippen LogP contribution in [0.2, 0.25) is 0 Å². The summed E-state index contributed by atoms with van der Waals surface area (Å²) >= 11 is 0. The van der Waals surface area contributed by atoms with Gasteiger partial charge in [-0.3, -0.25) is 20.2 Å². The summed E-state index contributed by atoms with van der Waals surface area (Å²) in [5, 5.41) is 21.2. The molecule has 0 fully saturated rings. The Hall–Kier alpha value is -2.84. The van der Waals surface area contributed by atoms with E-state index < -0.39 is 44.3 Å². The smallest absolute Gasteiger partial charge is 0.353 e. The minimum atomic E-state index is -1.19. The molecule has 2 bridgehead atoms. The Morgan fingerprint density at radius 1 is 0.882 bits per heavy atom. The van der Waals surface area contributed by atoms with Gasteiger partial charge in [0.2, 0.25) is 0 Å². The molecule has 0 spiro atoms. The number of esters is 2.